The Balaban J connectivity index is 4.17. The van der Waals surface area contributed by atoms with Crippen LogP contribution in [-0.2, 0) is 4.74 Å². The van der Waals surface area contributed by atoms with E-state index in [-0.39, 0.29) is 12.6 Å². The predicted molar refractivity (Wildman–Crippen MR) is 40.7 cm³/mol. The van der Waals surface area contributed by atoms with Gasteiger partial charge in [-0.15, -0.1) is 0 Å². The fourth-order valence-corrected chi connectivity index (χ4v) is 0.579. The summed E-state index contributed by atoms with van der Waals surface area (Å²) in [4.78, 5) is 9.72. The number of nitrogens with zero attached hydrogens (tertiary/aromatic N) is 2. The van der Waals surface area contributed by atoms with E-state index in [9.17, 15) is 10.1 Å². The van der Waals surface area contributed by atoms with E-state index in [4.69, 9.17) is 4.74 Å². The van der Waals surface area contributed by atoms with Crippen molar-refractivity contribution in [3.8, 4) is 0 Å². The molecule has 0 aliphatic heterocycles. The van der Waals surface area contributed by atoms with Crippen LogP contribution in [0.4, 0.5) is 0 Å². The normalized spacial score (nSPS) is 11.1. The van der Waals surface area contributed by atoms with Gasteiger partial charge in [-0.3, -0.25) is 11.2 Å². The second-order valence-corrected chi connectivity index (χ2v) is 2.03. The molecule has 0 atom stereocenters. The molecule has 0 aromatic rings. The fraction of sp³-hybridized carbons (Fsp3) is 0.600. The molecule has 12 heavy (non-hydrogen) atoms. The lowest BCUT2D eigenvalue weighted by Crippen LogP contribution is -2.65. The van der Waals surface area contributed by atoms with E-state index in [1.165, 1.54) is 25.4 Å². The van der Waals surface area contributed by atoms with Crippen molar-refractivity contribution >= 4 is 0 Å². The average Bonchev–Trinajstić information content (AvgIpc) is 2.00. The SMILES string of the molecule is CNC(=CN([NH3+])COC)[N+](=O)[O-]. The first kappa shape index (κ1) is 10.7. The van der Waals surface area contributed by atoms with Crippen molar-refractivity contribution < 1.29 is 15.5 Å². The molecule has 7 nitrogen and oxygen atoms in total. The van der Waals surface area contributed by atoms with Crippen LogP contribution in [0.15, 0.2) is 12.0 Å². The standard InChI is InChI=1S/C5H12N4O3/c1-7-5(9(10)11)3-8(6)4-12-2/h3,7H,4,6H2,1-2H3/p+1. The smallest absolute Gasteiger partial charge is 0.337 e. The zero-order valence-corrected chi connectivity index (χ0v) is 7.11. The van der Waals surface area contributed by atoms with Gasteiger partial charge < -0.3 is 14.9 Å². The van der Waals surface area contributed by atoms with Crippen LogP contribution in [0.1, 0.15) is 0 Å². The third kappa shape index (κ3) is 3.74. The second-order valence-electron chi connectivity index (χ2n) is 2.03. The van der Waals surface area contributed by atoms with Crippen LogP contribution >= 0.6 is 0 Å². The molecule has 70 valence electrons. The molecule has 0 spiro atoms. The van der Waals surface area contributed by atoms with E-state index < -0.39 is 4.92 Å². The first-order valence-electron chi connectivity index (χ1n) is 3.22. The minimum Gasteiger partial charge on any atom is -0.359 e. The van der Waals surface area contributed by atoms with Gasteiger partial charge in [0, 0.05) is 7.11 Å². The van der Waals surface area contributed by atoms with E-state index >= 15 is 0 Å². The van der Waals surface area contributed by atoms with Crippen molar-refractivity contribution in [1.29, 1.82) is 0 Å². The van der Waals surface area contributed by atoms with Crippen molar-refractivity contribution in [2.45, 2.75) is 0 Å². The highest BCUT2D eigenvalue weighted by molar-refractivity contribution is 4.83. The van der Waals surface area contributed by atoms with Crippen LogP contribution in [0, 0.1) is 10.1 Å². The van der Waals surface area contributed by atoms with Gasteiger partial charge >= 0.3 is 5.82 Å². The molecule has 4 N–H and O–H groups in total. The Hall–Kier alpha value is -1.34. The van der Waals surface area contributed by atoms with E-state index in [1.807, 2.05) is 0 Å². The molecule has 0 aliphatic carbocycles. The molecule has 0 heterocycles. The van der Waals surface area contributed by atoms with Crippen LogP contribution in [0.5, 0.6) is 0 Å². The van der Waals surface area contributed by atoms with E-state index in [1.54, 1.807) is 0 Å². The number of hydrogen-bond acceptors (Lipinski definition) is 5. The quantitative estimate of drug-likeness (QED) is 0.298. The Morgan fingerprint density at radius 1 is 1.92 bits per heavy atom. The number of rotatable bonds is 5. The van der Waals surface area contributed by atoms with E-state index in [2.05, 4.69) is 11.2 Å². The predicted octanol–water partition coefficient (Wildman–Crippen LogP) is -1.66. The van der Waals surface area contributed by atoms with Gasteiger partial charge in [0.25, 0.3) is 0 Å². The summed E-state index contributed by atoms with van der Waals surface area (Å²) >= 11 is 0. The molecular weight excluding hydrogens is 164 g/mol. The molecule has 0 aliphatic rings. The van der Waals surface area contributed by atoms with Crippen LogP contribution in [0.2, 0.25) is 0 Å². The first-order chi connectivity index (χ1) is 5.61. The molecule has 0 saturated heterocycles. The number of quaternary nitrogens is 1. The summed E-state index contributed by atoms with van der Waals surface area (Å²) in [5.74, 6) is 3.36. The van der Waals surface area contributed by atoms with Crippen LogP contribution < -0.4 is 11.2 Å². The van der Waals surface area contributed by atoms with Gasteiger partial charge in [-0.1, -0.05) is 0 Å². The zero-order chi connectivity index (χ0) is 9.56. The van der Waals surface area contributed by atoms with Gasteiger partial charge in [0.2, 0.25) is 0 Å². The molecule has 0 amide bonds. The monoisotopic (exact) mass is 177 g/mol. The van der Waals surface area contributed by atoms with E-state index in [0.29, 0.717) is 0 Å². The maximum absolute atomic E-state index is 10.2. The molecule has 0 rings (SSSR count). The maximum atomic E-state index is 10.2. The highest BCUT2D eigenvalue weighted by Crippen LogP contribution is 1.89. The number of nitrogens with one attached hydrogen (secondary N) is 1. The topological polar surface area (TPSA) is 95.3 Å². The number of methoxy groups -OCH3 is 1. The molecule has 0 saturated carbocycles. The van der Waals surface area contributed by atoms with Crippen molar-refractivity contribution in [1.82, 2.24) is 10.3 Å². The lowest BCUT2D eigenvalue weighted by molar-refractivity contribution is -0.569. The van der Waals surface area contributed by atoms with E-state index in [0.717, 1.165) is 0 Å². The van der Waals surface area contributed by atoms with Gasteiger partial charge in [-0.05, 0) is 4.92 Å². The lowest BCUT2D eigenvalue weighted by atomic mass is 10.7. The minimum absolute atomic E-state index is 0.123. The van der Waals surface area contributed by atoms with Crippen LogP contribution in [-0.4, -0.2) is 30.8 Å². The lowest BCUT2D eigenvalue weighted by Gasteiger charge is -2.07. The van der Waals surface area contributed by atoms with Crippen molar-refractivity contribution in [2.75, 3.05) is 20.9 Å². The summed E-state index contributed by atoms with van der Waals surface area (Å²) in [7, 11) is 2.95. The highest BCUT2D eigenvalue weighted by atomic mass is 16.6. The van der Waals surface area contributed by atoms with Crippen LogP contribution in [0.3, 0.4) is 0 Å². The summed E-state index contributed by atoms with van der Waals surface area (Å²) in [6, 6.07) is 0. The van der Waals surface area contributed by atoms with Crippen LogP contribution in [0.25, 0.3) is 0 Å². The molecule has 0 radical (unpaired) electrons. The number of nitro groups is 1. The number of hydrogen-bond donors (Lipinski definition) is 2. The Bertz CT molecular complexity index is 182. The van der Waals surface area contributed by atoms with Gasteiger partial charge in [-0.25, -0.2) is 5.01 Å². The Kier molecular flexibility index (Phi) is 4.73. The largest absolute Gasteiger partial charge is 0.359 e. The molecule has 0 aromatic carbocycles. The molecule has 0 aromatic heterocycles. The second kappa shape index (κ2) is 5.33. The van der Waals surface area contributed by atoms with Crippen molar-refractivity contribution in [3.63, 3.8) is 0 Å². The zero-order valence-electron chi connectivity index (χ0n) is 7.11. The maximum Gasteiger partial charge on any atom is 0.337 e. The molecule has 0 bridgehead atoms. The molecule has 0 unspecified atom stereocenters. The minimum atomic E-state index is -0.534. The molecule has 0 fully saturated rings. The summed E-state index contributed by atoms with van der Waals surface area (Å²) in [6.45, 7) is 0.207. The first-order valence-corrected chi connectivity index (χ1v) is 3.22. The Morgan fingerprint density at radius 3 is 2.83 bits per heavy atom. The number of ether oxygens (including phenoxy) is 1. The average molecular weight is 177 g/mol. The molecule has 7 heteroatoms. The Morgan fingerprint density at radius 2 is 2.50 bits per heavy atom. The van der Waals surface area contributed by atoms with Gasteiger partial charge in [-0.2, -0.15) is 0 Å². The summed E-state index contributed by atoms with van der Waals surface area (Å²) in [5.41, 5.74) is 0. The summed E-state index contributed by atoms with van der Waals surface area (Å²) < 4.78 is 4.70. The third-order valence-electron chi connectivity index (χ3n) is 1.05. The highest BCUT2D eigenvalue weighted by Gasteiger charge is 2.07. The Labute approximate surface area is 69.9 Å². The van der Waals surface area contributed by atoms with Crippen molar-refractivity contribution in [2.24, 2.45) is 0 Å². The molecular formula is C5H13N4O3+. The summed E-state index contributed by atoms with van der Waals surface area (Å²) in [6.07, 6.45) is 1.25. The van der Waals surface area contributed by atoms with Gasteiger partial charge in [0.1, 0.15) is 6.20 Å². The van der Waals surface area contributed by atoms with Crippen molar-refractivity contribution in [3.05, 3.63) is 22.1 Å². The van der Waals surface area contributed by atoms with Gasteiger partial charge in [0.05, 0.1) is 7.05 Å². The van der Waals surface area contributed by atoms with Gasteiger partial charge in [0.15, 0.2) is 6.73 Å². The third-order valence-corrected chi connectivity index (χ3v) is 1.05. The summed E-state index contributed by atoms with van der Waals surface area (Å²) in [5, 5.41) is 14.0. The fourth-order valence-electron chi connectivity index (χ4n) is 0.579.